The summed E-state index contributed by atoms with van der Waals surface area (Å²) in [6.07, 6.45) is 1.63. The first kappa shape index (κ1) is 27.4. The van der Waals surface area contributed by atoms with Gasteiger partial charge in [-0.05, 0) is 70.5 Å². The lowest BCUT2D eigenvalue weighted by atomic mass is 10.0. The molecule has 4 rings (SSSR count). The second kappa shape index (κ2) is 10.6. The molecule has 0 saturated heterocycles. The first-order valence-electron chi connectivity index (χ1n) is 12.0. The number of rotatable bonds is 4. The predicted molar refractivity (Wildman–Crippen MR) is 144 cm³/mol. The van der Waals surface area contributed by atoms with E-state index in [1.165, 1.54) is 17.0 Å². The molecular weight excluding hydrogens is 505 g/mol. The van der Waals surface area contributed by atoms with Crippen molar-refractivity contribution in [1.82, 2.24) is 19.5 Å². The van der Waals surface area contributed by atoms with Crippen LogP contribution < -0.4 is 10.6 Å². The molecule has 2 N–H and O–H groups in total. The highest BCUT2D eigenvalue weighted by atomic mass is 19.4. The Kier molecular flexibility index (Phi) is 7.45. The van der Waals surface area contributed by atoms with E-state index in [1.807, 2.05) is 27.7 Å². The van der Waals surface area contributed by atoms with Gasteiger partial charge in [0.05, 0.1) is 23.1 Å². The monoisotopic (exact) mass is 532 g/mol. The molecule has 4 aromatic rings. The number of halogens is 3. The third-order valence-corrected chi connectivity index (χ3v) is 5.49. The van der Waals surface area contributed by atoms with E-state index < -0.39 is 17.6 Å². The number of aryl methyl sites for hydroxylation is 2. The minimum atomic E-state index is -4.59. The average molecular weight is 533 g/mol. The van der Waals surface area contributed by atoms with Crippen LogP contribution in [0.3, 0.4) is 0 Å². The number of amides is 1. The number of carbonyl (C=O) groups excluding carboxylic acids is 1. The molecule has 1 amide bonds. The number of alkyl halides is 3. The summed E-state index contributed by atoms with van der Waals surface area (Å²) in [5.74, 6) is 5.95. The molecule has 0 aliphatic heterocycles. The van der Waals surface area contributed by atoms with Crippen LogP contribution in [0, 0.1) is 25.7 Å². The highest BCUT2D eigenvalue weighted by molar-refractivity contribution is 6.04. The molecule has 39 heavy (non-hydrogen) atoms. The van der Waals surface area contributed by atoms with Crippen molar-refractivity contribution in [2.75, 3.05) is 10.6 Å². The third-order valence-electron chi connectivity index (χ3n) is 5.49. The molecule has 10 heteroatoms. The summed E-state index contributed by atoms with van der Waals surface area (Å²) in [4.78, 5) is 25.6. The fraction of sp³-hybridized carbons (Fsp3) is 0.241. The lowest BCUT2D eigenvalue weighted by Gasteiger charge is -2.19. The molecule has 2 aromatic carbocycles. The van der Waals surface area contributed by atoms with Crippen molar-refractivity contribution in [2.45, 2.75) is 46.3 Å². The molecule has 0 atom stereocenters. The van der Waals surface area contributed by atoms with Gasteiger partial charge in [-0.2, -0.15) is 13.2 Å². The van der Waals surface area contributed by atoms with Crippen LogP contribution in [0.2, 0.25) is 0 Å². The van der Waals surface area contributed by atoms with Gasteiger partial charge in [0.25, 0.3) is 5.91 Å². The lowest BCUT2D eigenvalue weighted by molar-refractivity contribution is -0.137. The number of nitrogens with one attached hydrogen (secondary N) is 2. The van der Waals surface area contributed by atoms with E-state index in [9.17, 15) is 18.0 Å². The molecule has 0 unspecified atom stereocenters. The Hall–Kier alpha value is -4.65. The van der Waals surface area contributed by atoms with Crippen molar-refractivity contribution in [1.29, 1.82) is 0 Å². The van der Waals surface area contributed by atoms with Crippen LogP contribution in [0.4, 0.5) is 24.8 Å². The van der Waals surface area contributed by atoms with Gasteiger partial charge < -0.3 is 15.2 Å². The third kappa shape index (κ3) is 7.23. The fourth-order valence-corrected chi connectivity index (χ4v) is 3.59. The van der Waals surface area contributed by atoms with Crippen molar-refractivity contribution < 1.29 is 18.0 Å². The number of imidazole rings is 1. The van der Waals surface area contributed by atoms with Crippen molar-refractivity contribution in [3.05, 3.63) is 94.8 Å². The Labute approximate surface area is 224 Å². The Balaban J connectivity index is 1.57. The SMILES string of the molecule is Cc1cn(-c2cc(NC(=O)c3ccc(C)c(C#Cc4cnc(NC(C)(C)C)nc4)c3)cc(C(F)(F)F)c2)cn1. The summed E-state index contributed by atoms with van der Waals surface area (Å²) >= 11 is 0. The second-order valence-electron chi connectivity index (χ2n) is 10.1. The Morgan fingerprint density at radius 3 is 2.28 bits per heavy atom. The largest absolute Gasteiger partial charge is 0.416 e. The first-order valence-corrected chi connectivity index (χ1v) is 12.0. The van der Waals surface area contributed by atoms with Crippen LogP contribution in [-0.2, 0) is 6.18 Å². The van der Waals surface area contributed by atoms with Gasteiger partial charge in [0.2, 0.25) is 5.95 Å². The summed E-state index contributed by atoms with van der Waals surface area (Å²) in [5, 5.41) is 5.76. The molecule has 0 aliphatic rings. The van der Waals surface area contributed by atoms with Crippen molar-refractivity contribution >= 4 is 17.5 Å². The summed E-state index contributed by atoms with van der Waals surface area (Å²) in [6.45, 7) is 9.59. The smallest absolute Gasteiger partial charge is 0.350 e. The molecule has 7 nitrogen and oxygen atoms in total. The summed E-state index contributed by atoms with van der Waals surface area (Å²) in [6, 6.07) is 8.30. The van der Waals surface area contributed by atoms with Gasteiger partial charge >= 0.3 is 6.18 Å². The van der Waals surface area contributed by atoms with Crippen LogP contribution >= 0.6 is 0 Å². The van der Waals surface area contributed by atoms with Gasteiger partial charge in [-0.25, -0.2) is 15.0 Å². The quantitative estimate of drug-likeness (QED) is 0.308. The number of nitrogens with zero attached hydrogens (tertiary/aromatic N) is 4. The van der Waals surface area contributed by atoms with Gasteiger partial charge in [-0.3, -0.25) is 4.79 Å². The Morgan fingerprint density at radius 2 is 1.67 bits per heavy atom. The van der Waals surface area contributed by atoms with Gasteiger partial charge in [0.15, 0.2) is 0 Å². The maximum atomic E-state index is 13.6. The normalized spacial score (nSPS) is 11.5. The standard InChI is InChI=1S/C29H27F3N6O/c1-18-6-8-22(10-21(18)9-7-20-14-33-27(34-15-20)37-28(3,4)5)26(39)36-24-11-23(29(30,31)32)12-25(13-24)38-16-19(2)35-17-38/h6,8,10-17H,1-5H3,(H,36,39)(H,33,34,37). The highest BCUT2D eigenvalue weighted by Gasteiger charge is 2.31. The minimum absolute atomic E-state index is 0.00509. The molecule has 2 heterocycles. The van der Waals surface area contributed by atoms with E-state index in [2.05, 4.69) is 37.4 Å². The number of hydrogen-bond donors (Lipinski definition) is 2. The maximum absolute atomic E-state index is 13.6. The van der Waals surface area contributed by atoms with E-state index in [4.69, 9.17) is 0 Å². The average Bonchev–Trinajstić information content (AvgIpc) is 3.29. The molecule has 0 saturated carbocycles. The van der Waals surface area contributed by atoms with Crippen LogP contribution in [0.5, 0.6) is 0 Å². The molecule has 0 radical (unpaired) electrons. The molecule has 0 spiro atoms. The first-order chi connectivity index (χ1) is 18.3. The van der Waals surface area contributed by atoms with Crippen LogP contribution in [0.15, 0.2) is 61.3 Å². The zero-order chi connectivity index (χ0) is 28.4. The van der Waals surface area contributed by atoms with Gasteiger partial charge in [0.1, 0.15) is 0 Å². The van der Waals surface area contributed by atoms with Gasteiger partial charge in [-0.1, -0.05) is 17.9 Å². The lowest BCUT2D eigenvalue weighted by Crippen LogP contribution is -2.27. The summed E-state index contributed by atoms with van der Waals surface area (Å²) in [5.41, 5.74) is 2.09. The molecule has 0 aliphatic carbocycles. The zero-order valence-corrected chi connectivity index (χ0v) is 22.1. The number of aromatic nitrogens is 4. The molecular formula is C29H27F3N6O. The van der Waals surface area contributed by atoms with E-state index in [-0.39, 0.29) is 22.5 Å². The second-order valence-corrected chi connectivity index (χ2v) is 10.1. The van der Waals surface area contributed by atoms with Crippen LogP contribution in [-0.4, -0.2) is 31.0 Å². The number of hydrogen-bond acceptors (Lipinski definition) is 5. The Morgan fingerprint density at radius 1 is 0.949 bits per heavy atom. The molecule has 200 valence electrons. The molecule has 0 bridgehead atoms. The Bertz CT molecular complexity index is 1570. The summed E-state index contributed by atoms with van der Waals surface area (Å²) < 4.78 is 42.2. The van der Waals surface area contributed by atoms with Crippen LogP contribution in [0.25, 0.3) is 5.69 Å². The van der Waals surface area contributed by atoms with Crippen molar-refractivity contribution in [3.63, 3.8) is 0 Å². The number of benzene rings is 2. The van der Waals surface area contributed by atoms with E-state index >= 15 is 0 Å². The predicted octanol–water partition coefficient (Wildman–Crippen LogP) is 6.16. The highest BCUT2D eigenvalue weighted by Crippen LogP contribution is 2.33. The van der Waals surface area contributed by atoms with Gasteiger partial charge in [0, 0.05) is 46.6 Å². The van der Waals surface area contributed by atoms with Crippen molar-refractivity contribution in [3.8, 4) is 17.5 Å². The fourth-order valence-electron chi connectivity index (χ4n) is 3.59. The number of anilines is 2. The topological polar surface area (TPSA) is 84.7 Å². The molecule has 2 aromatic heterocycles. The van der Waals surface area contributed by atoms with E-state index in [0.29, 0.717) is 22.8 Å². The maximum Gasteiger partial charge on any atom is 0.416 e. The van der Waals surface area contributed by atoms with Crippen LogP contribution in [0.1, 0.15) is 59.1 Å². The van der Waals surface area contributed by atoms with Crippen molar-refractivity contribution in [2.24, 2.45) is 0 Å². The minimum Gasteiger partial charge on any atom is -0.350 e. The van der Waals surface area contributed by atoms with Gasteiger partial charge in [-0.15, -0.1) is 0 Å². The van der Waals surface area contributed by atoms with E-state index in [0.717, 1.165) is 17.7 Å². The summed E-state index contributed by atoms with van der Waals surface area (Å²) in [7, 11) is 0. The zero-order valence-electron chi connectivity index (χ0n) is 22.1. The van der Waals surface area contributed by atoms with E-state index in [1.54, 1.807) is 43.7 Å². The number of carbonyl (C=O) groups is 1. The molecule has 0 fully saturated rings.